The van der Waals surface area contributed by atoms with Crippen molar-refractivity contribution in [3.8, 4) is 11.5 Å². The molecule has 7 heteroatoms. The molecule has 0 atom stereocenters. The fraction of sp³-hybridized carbons (Fsp3) is 0.462. The zero-order valence-corrected chi connectivity index (χ0v) is 12.5. The van der Waals surface area contributed by atoms with Gasteiger partial charge in [-0.3, -0.25) is 4.79 Å². The molecule has 6 nitrogen and oxygen atoms in total. The first-order valence-corrected chi connectivity index (χ1v) is 7.25. The van der Waals surface area contributed by atoms with Gasteiger partial charge in [0.1, 0.15) is 0 Å². The van der Waals surface area contributed by atoms with Crippen LogP contribution in [0.1, 0.15) is 39.8 Å². The van der Waals surface area contributed by atoms with Gasteiger partial charge < -0.3 is 15.2 Å². The molecule has 0 saturated heterocycles. The van der Waals surface area contributed by atoms with Crippen LogP contribution in [0.3, 0.4) is 0 Å². The third-order valence-corrected chi connectivity index (χ3v) is 4.48. The van der Waals surface area contributed by atoms with Crippen molar-refractivity contribution in [1.82, 2.24) is 15.0 Å². The van der Waals surface area contributed by atoms with Gasteiger partial charge in [0.05, 0.1) is 15.4 Å². The molecule has 3 rings (SSSR count). The number of nitrogens with two attached hydrogens (primary N) is 1. The lowest BCUT2D eigenvalue weighted by atomic mass is 10.1. The number of nitrogen functional groups attached to an aromatic ring is 1. The summed E-state index contributed by atoms with van der Waals surface area (Å²) in [6, 6.07) is 0. The van der Waals surface area contributed by atoms with E-state index in [0.717, 1.165) is 24.2 Å². The summed E-state index contributed by atoms with van der Waals surface area (Å²) in [7, 11) is 3.44. The van der Waals surface area contributed by atoms with Crippen LogP contribution < -0.4 is 5.73 Å². The van der Waals surface area contributed by atoms with Gasteiger partial charge in [-0.15, -0.1) is 11.3 Å². The molecule has 0 bridgehead atoms. The summed E-state index contributed by atoms with van der Waals surface area (Å²) in [5.41, 5.74) is 7.53. The molecule has 106 valence electrons. The minimum atomic E-state index is -0.0626. The molecule has 2 aromatic rings. The Balaban J connectivity index is 2.02. The van der Waals surface area contributed by atoms with Crippen molar-refractivity contribution in [2.24, 2.45) is 0 Å². The standard InChI is InChI=1S/C13H16N4O2S/c1-6-8(10(14)20-9(6)13(18)17(2)3)12-15-11(16-19-12)7-4-5-7/h7H,4-5,14H2,1-3H3. The van der Waals surface area contributed by atoms with Gasteiger partial charge in [0.15, 0.2) is 5.82 Å². The predicted molar refractivity (Wildman–Crippen MR) is 76.8 cm³/mol. The fourth-order valence-corrected chi connectivity index (χ4v) is 3.14. The number of thiophene rings is 1. The van der Waals surface area contributed by atoms with Gasteiger partial charge >= 0.3 is 0 Å². The second kappa shape index (κ2) is 4.59. The third kappa shape index (κ3) is 2.07. The molecular formula is C13H16N4O2S. The molecule has 1 aliphatic rings. The van der Waals surface area contributed by atoms with Crippen LogP contribution in [0.4, 0.5) is 5.00 Å². The van der Waals surface area contributed by atoms with Gasteiger partial charge in [0, 0.05) is 20.0 Å². The molecule has 1 aliphatic carbocycles. The Kier molecular flexibility index (Phi) is 3.01. The molecule has 0 aromatic carbocycles. The van der Waals surface area contributed by atoms with Crippen molar-refractivity contribution in [3.05, 3.63) is 16.3 Å². The first-order chi connectivity index (χ1) is 9.49. The zero-order chi connectivity index (χ0) is 14.4. The van der Waals surface area contributed by atoms with Crippen molar-refractivity contribution in [2.75, 3.05) is 19.8 Å². The van der Waals surface area contributed by atoms with Crippen molar-refractivity contribution in [1.29, 1.82) is 0 Å². The van der Waals surface area contributed by atoms with Crippen LogP contribution in [0.25, 0.3) is 11.5 Å². The monoisotopic (exact) mass is 292 g/mol. The Hall–Kier alpha value is -1.89. The van der Waals surface area contributed by atoms with Crippen LogP contribution in [-0.4, -0.2) is 35.0 Å². The first-order valence-electron chi connectivity index (χ1n) is 6.43. The van der Waals surface area contributed by atoms with E-state index in [0.29, 0.717) is 27.3 Å². The van der Waals surface area contributed by atoms with Gasteiger partial charge in [-0.2, -0.15) is 4.98 Å². The summed E-state index contributed by atoms with van der Waals surface area (Å²) >= 11 is 1.26. The van der Waals surface area contributed by atoms with Gasteiger partial charge in [0.25, 0.3) is 11.8 Å². The van der Waals surface area contributed by atoms with Crippen LogP contribution in [0, 0.1) is 6.92 Å². The smallest absolute Gasteiger partial charge is 0.263 e. The molecule has 20 heavy (non-hydrogen) atoms. The molecule has 1 saturated carbocycles. The van der Waals surface area contributed by atoms with Crippen molar-refractivity contribution in [3.63, 3.8) is 0 Å². The van der Waals surface area contributed by atoms with E-state index in [-0.39, 0.29) is 5.91 Å². The second-order valence-corrected chi connectivity index (χ2v) is 6.28. The lowest BCUT2D eigenvalue weighted by molar-refractivity contribution is 0.0831. The van der Waals surface area contributed by atoms with E-state index >= 15 is 0 Å². The number of nitrogens with zero attached hydrogens (tertiary/aromatic N) is 3. The van der Waals surface area contributed by atoms with Gasteiger partial charge in [-0.25, -0.2) is 0 Å². The van der Waals surface area contributed by atoms with Crippen molar-refractivity contribution in [2.45, 2.75) is 25.7 Å². The maximum absolute atomic E-state index is 12.1. The SMILES string of the molecule is Cc1c(C(=O)N(C)C)sc(N)c1-c1nc(C2CC2)no1. The minimum absolute atomic E-state index is 0.0626. The van der Waals surface area contributed by atoms with E-state index in [1.165, 1.54) is 16.2 Å². The third-order valence-electron chi connectivity index (χ3n) is 3.37. The number of carbonyl (C=O) groups excluding carboxylic acids is 1. The summed E-state index contributed by atoms with van der Waals surface area (Å²) in [5, 5.41) is 4.53. The molecular weight excluding hydrogens is 276 g/mol. The number of amides is 1. The molecule has 0 unspecified atom stereocenters. The highest BCUT2D eigenvalue weighted by Gasteiger charge is 2.30. The average Bonchev–Trinajstić information content (AvgIpc) is 3.07. The number of rotatable bonds is 3. The molecule has 2 heterocycles. The van der Waals surface area contributed by atoms with Crippen LogP contribution in [0.15, 0.2) is 4.52 Å². The quantitative estimate of drug-likeness (QED) is 0.938. The lowest BCUT2D eigenvalue weighted by Gasteiger charge is -2.08. The summed E-state index contributed by atoms with van der Waals surface area (Å²) in [5.74, 6) is 1.52. The van der Waals surface area contributed by atoms with Crippen LogP contribution >= 0.6 is 11.3 Å². The summed E-state index contributed by atoms with van der Waals surface area (Å²) < 4.78 is 5.31. The highest BCUT2D eigenvalue weighted by atomic mass is 32.1. The summed E-state index contributed by atoms with van der Waals surface area (Å²) in [4.78, 5) is 18.7. The Labute approximate surface area is 120 Å². The first kappa shape index (κ1) is 13.1. The van der Waals surface area contributed by atoms with E-state index in [4.69, 9.17) is 10.3 Å². The van der Waals surface area contributed by atoms with E-state index in [9.17, 15) is 4.79 Å². The van der Waals surface area contributed by atoms with E-state index in [2.05, 4.69) is 10.1 Å². The number of carbonyl (C=O) groups is 1. The topological polar surface area (TPSA) is 85.2 Å². The van der Waals surface area contributed by atoms with E-state index < -0.39 is 0 Å². The Morgan fingerprint density at radius 1 is 1.45 bits per heavy atom. The zero-order valence-electron chi connectivity index (χ0n) is 11.6. The molecule has 2 aromatic heterocycles. The summed E-state index contributed by atoms with van der Waals surface area (Å²) in [6.45, 7) is 1.86. The number of hydrogen-bond acceptors (Lipinski definition) is 6. The lowest BCUT2D eigenvalue weighted by Crippen LogP contribution is -2.21. The predicted octanol–water partition coefficient (Wildman–Crippen LogP) is 2.27. The minimum Gasteiger partial charge on any atom is -0.390 e. The number of aromatic nitrogens is 2. The normalized spacial score (nSPS) is 14.6. The van der Waals surface area contributed by atoms with Gasteiger partial charge in [0.2, 0.25) is 0 Å². The Morgan fingerprint density at radius 2 is 2.15 bits per heavy atom. The van der Waals surface area contributed by atoms with Crippen LogP contribution in [0.2, 0.25) is 0 Å². The van der Waals surface area contributed by atoms with Crippen LogP contribution in [-0.2, 0) is 0 Å². The van der Waals surface area contributed by atoms with Crippen LogP contribution in [0.5, 0.6) is 0 Å². The maximum Gasteiger partial charge on any atom is 0.263 e. The Morgan fingerprint density at radius 3 is 2.75 bits per heavy atom. The highest BCUT2D eigenvalue weighted by molar-refractivity contribution is 7.18. The molecule has 0 radical (unpaired) electrons. The average molecular weight is 292 g/mol. The second-order valence-electron chi connectivity index (χ2n) is 5.23. The maximum atomic E-state index is 12.1. The van der Waals surface area contributed by atoms with E-state index in [1.54, 1.807) is 14.1 Å². The molecule has 0 aliphatic heterocycles. The van der Waals surface area contributed by atoms with Crippen molar-refractivity contribution >= 4 is 22.2 Å². The largest absolute Gasteiger partial charge is 0.390 e. The van der Waals surface area contributed by atoms with Gasteiger partial charge in [-0.05, 0) is 25.3 Å². The number of anilines is 1. The summed E-state index contributed by atoms with van der Waals surface area (Å²) in [6.07, 6.45) is 2.23. The van der Waals surface area contributed by atoms with E-state index in [1.807, 2.05) is 6.92 Å². The molecule has 2 N–H and O–H groups in total. The molecule has 1 amide bonds. The molecule has 0 spiro atoms. The molecule has 1 fully saturated rings. The highest BCUT2D eigenvalue weighted by Crippen LogP contribution is 2.42. The Bertz CT molecular complexity index is 670. The van der Waals surface area contributed by atoms with Crippen molar-refractivity contribution < 1.29 is 9.32 Å². The van der Waals surface area contributed by atoms with Gasteiger partial charge in [-0.1, -0.05) is 5.16 Å². The number of hydrogen-bond donors (Lipinski definition) is 1. The fourth-order valence-electron chi connectivity index (χ4n) is 2.05.